The first-order valence-corrected chi connectivity index (χ1v) is 8.56. The van der Waals surface area contributed by atoms with Crippen molar-refractivity contribution >= 4 is 28.4 Å². The van der Waals surface area contributed by atoms with Gasteiger partial charge in [0.25, 0.3) is 0 Å². The molecule has 1 N–H and O–H groups in total. The number of fused-ring (bicyclic) bond motifs is 1. The molecule has 2 aromatic heterocycles. The SMILES string of the molecule is CCOC(=O)c1cnc2nc(C)ccc2c1Nc1ccccc1OCC. The standard InChI is InChI=1S/C20H21N3O3/c1-4-25-17-9-7-6-8-16(17)23-18-14-11-10-13(3)22-19(14)21-12-15(18)20(24)26-5-2/h6-12H,4-5H2,1-3H3,(H,21,22,23). The molecule has 0 aliphatic rings. The fourth-order valence-electron chi connectivity index (χ4n) is 2.66. The number of hydrogen-bond acceptors (Lipinski definition) is 6. The van der Waals surface area contributed by atoms with Crippen LogP contribution in [0, 0.1) is 6.92 Å². The highest BCUT2D eigenvalue weighted by Crippen LogP contribution is 2.33. The third kappa shape index (κ3) is 3.59. The van der Waals surface area contributed by atoms with Crippen LogP contribution < -0.4 is 10.1 Å². The van der Waals surface area contributed by atoms with Gasteiger partial charge in [0.15, 0.2) is 5.65 Å². The Kier molecular flexibility index (Phi) is 5.31. The summed E-state index contributed by atoms with van der Waals surface area (Å²) in [6.07, 6.45) is 1.50. The maximum atomic E-state index is 12.4. The van der Waals surface area contributed by atoms with Gasteiger partial charge in [0, 0.05) is 17.3 Å². The Morgan fingerprint density at radius 1 is 1.12 bits per heavy atom. The number of hydrogen-bond donors (Lipinski definition) is 1. The van der Waals surface area contributed by atoms with Gasteiger partial charge in [-0.3, -0.25) is 0 Å². The maximum absolute atomic E-state index is 12.4. The van der Waals surface area contributed by atoms with E-state index >= 15 is 0 Å². The van der Waals surface area contributed by atoms with Crippen molar-refractivity contribution in [3.05, 3.63) is 53.9 Å². The highest BCUT2D eigenvalue weighted by molar-refractivity contribution is 6.05. The van der Waals surface area contributed by atoms with Crippen LogP contribution in [-0.2, 0) is 4.74 Å². The van der Waals surface area contributed by atoms with E-state index in [1.807, 2.05) is 50.2 Å². The van der Waals surface area contributed by atoms with Gasteiger partial charge in [-0.15, -0.1) is 0 Å². The normalized spacial score (nSPS) is 10.6. The quantitative estimate of drug-likeness (QED) is 0.669. The van der Waals surface area contributed by atoms with Crippen LogP contribution in [0.2, 0.25) is 0 Å². The molecule has 0 aliphatic carbocycles. The lowest BCUT2D eigenvalue weighted by Gasteiger charge is -2.16. The number of rotatable bonds is 6. The highest BCUT2D eigenvalue weighted by Gasteiger charge is 2.18. The van der Waals surface area contributed by atoms with Crippen molar-refractivity contribution in [3.63, 3.8) is 0 Å². The minimum atomic E-state index is -0.432. The molecule has 0 spiro atoms. The monoisotopic (exact) mass is 351 g/mol. The van der Waals surface area contributed by atoms with E-state index in [9.17, 15) is 4.79 Å². The second-order valence-electron chi connectivity index (χ2n) is 5.65. The molecule has 134 valence electrons. The summed E-state index contributed by atoms with van der Waals surface area (Å²) in [5.41, 5.74) is 3.14. The minimum absolute atomic E-state index is 0.290. The van der Waals surface area contributed by atoms with Gasteiger partial charge >= 0.3 is 5.97 Å². The van der Waals surface area contributed by atoms with E-state index in [4.69, 9.17) is 9.47 Å². The average molecular weight is 351 g/mol. The lowest BCUT2D eigenvalue weighted by atomic mass is 10.1. The number of nitrogens with zero attached hydrogens (tertiary/aromatic N) is 2. The second kappa shape index (κ2) is 7.82. The Balaban J connectivity index is 2.15. The van der Waals surface area contributed by atoms with Crippen LogP contribution in [0.5, 0.6) is 5.75 Å². The Labute approximate surface area is 152 Å². The number of para-hydroxylation sites is 2. The Bertz CT molecular complexity index is 941. The third-order valence-corrected chi connectivity index (χ3v) is 3.81. The number of nitrogens with one attached hydrogen (secondary N) is 1. The van der Waals surface area contributed by atoms with E-state index in [2.05, 4.69) is 15.3 Å². The fraction of sp³-hybridized carbons (Fsp3) is 0.250. The van der Waals surface area contributed by atoms with Crippen molar-refractivity contribution < 1.29 is 14.3 Å². The van der Waals surface area contributed by atoms with Gasteiger partial charge in [0.2, 0.25) is 0 Å². The van der Waals surface area contributed by atoms with E-state index in [1.165, 1.54) is 6.20 Å². The predicted octanol–water partition coefficient (Wildman–Crippen LogP) is 4.26. The average Bonchev–Trinajstić information content (AvgIpc) is 2.63. The first kappa shape index (κ1) is 17.7. The molecule has 0 fully saturated rings. The van der Waals surface area contributed by atoms with Crippen molar-refractivity contribution in [1.82, 2.24) is 9.97 Å². The van der Waals surface area contributed by atoms with Crippen molar-refractivity contribution in [3.8, 4) is 5.75 Å². The molecule has 1 aromatic carbocycles. The Hall–Kier alpha value is -3.15. The van der Waals surface area contributed by atoms with Crippen molar-refractivity contribution in [1.29, 1.82) is 0 Å². The summed E-state index contributed by atoms with van der Waals surface area (Å²) in [4.78, 5) is 21.2. The van der Waals surface area contributed by atoms with E-state index < -0.39 is 5.97 Å². The van der Waals surface area contributed by atoms with Crippen LogP contribution in [0.3, 0.4) is 0 Å². The molecule has 0 aliphatic heterocycles. The van der Waals surface area contributed by atoms with Crippen LogP contribution in [0.1, 0.15) is 29.9 Å². The second-order valence-corrected chi connectivity index (χ2v) is 5.65. The zero-order valence-corrected chi connectivity index (χ0v) is 15.1. The number of aromatic nitrogens is 2. The Morgan fingerprint density at radius 2 is 1.92 bits per heavy atom. The van der Waals surface area contributed by atoms with Gasteiger partial charge < -0.3 is 14.8 Å². The predicted molar refractivity (Wildman–Crippen MR) is 101 cm³/mol. The smallest absolute Gasteiger partial charge is 0.341 e. The molecule has 0 unspecified atom stereocenters. The zero-order chi connectivity index (χ0) is 18.5. The van der Waals surface area contributed by atoms with Crippen molar-refractivity contribution in [2.75, 3.05) is 18.5 Å². The number of pyridine rings is 2. The number of aryl methyl sites for hydroxylation is 1. The molecule has 3 aromatic rings. The van der Waals surface area contributed by atoms with E-state index in [0.29, 0.717) is 29.3 Å². The van der Waals surface area contributed by atoms with Crippen LogP contribution in [-0.4, -0.2) is 29.2 Å². The van der Waals surface area contributed by atoms with Crippen molar-refractivity contribution in [2.45, 2.75) is 20.8 Å². The summed E-state index contributed by atoms with van der Waals surface area (Å²) in [6.45, 7) is 6.43. The topological polar surface area (TPSA) is 73.3 Å². The van der Waals surface area contributed by atoms with Crippen LogP contribution in [0.25, 0.3) is 11.0 Å². The summed E-state index contributed by atoms with van der Waals surface area (Å²) in [5.74, 6) is 0.272. The van der Waals surface area contributed by atoms with Gasteiger partial charge in [-0.1, -0.05) is 12.1 Å². The van der Waals surface area contributed by atoms with E-state index in [0.717, 1.165) is 16.8 Å². The minimum Gasteiger partial charge on any atom is -0.492 e. The van der Waals surface area contributed by atoms with Gasteiger partial charge in [-0.25, -0.2) is 14.8 Å². The van der Waals surface area contributed by atoms with Crippen LogP contribution >= 0.6 is 0 Å². The van der Waals surface area contributed by atoms with Crippen molar-refractivity contribution in [2.24, 2.45) is 0 Å². The molecule has 26 heavy (non-hydrogen) atoms. The maximum Gasteiger partial charge on any atom is 0.341 e. The van der Waals surface area contributed by atoms with Gasteiger partial charge in [-0.05, 0) is 45.0 Å². The molecular weight excluding hydrogens is 330 g/mol. The number of anilines is 2. The Morgan fingerprint density at radius 3 is 2.69 bits per heavy atom. The molecule has 0 amide bonds. The van der Waals surface area contributed by atoms with E-state index in [1.54, 1.807) is 6.92 Å². The number of ether oxygens (including phenoxy) is 2. The molecule has 3 rings (SSSR count). The molecule has 6 nitrogen and oxygen atoms in total. The summed E-state index contributed by atoms with van der Waals surface area (Å²) in [6, 6.07) is 11.4. The summed E-state index contributed by atoms with van der Waals surface area (Å²) in [5, 5.41) is 4.06. The first-order chi connectivity index (χ1) is 12.6. The molecule has 0 saturated heterocycles. The third-order valence-electron chi connectivity index (χ3n) is 3.81. The molecule has 0 atom stereocenters. The largest absolute Gasteiger partial charge is 0.492 e. The molecule has 0 bridgehead atoms. The molecule has 2 heterocycles. The molecule has 0 saturated carbocycles. The van der Waals surface area contributed by atoms with Crippen LogP contribution in [0.4, 0.5) is 11.4 Å². The lowest BCUT2D eigenvalue weighted by molar-refractivity contribution is 0.0527. The number of esters is 1. The summed E-state index contributed by atoms with van der Waals surface area (Å²) >= 11 is 0. The molecular formula is C20H21N3O3. The van der Waals surface area contributed by atoms with Gasteiger partial charge in [-0.2, -0.15) is 0 Å². The molecule has 0 radical (unpaired) electrons. The highest BCUT2D eigenvalue weighted by atomic mass is 16.5. The van der Waals surface area contributed by atoms with Gasteiger partial charge in [0.05, 0.1) is 24.6 Å². The number of benzene rings is 1. The lowest BCUT2D eigenvalue weighted by Crippen LogP contribution is -2.10. The fourth-order valence-corrected chi connectivity index (χ4v) is 2.66. The summed E-state index contributed by atoms with van der Waals surface area (Å²) < 4.78 is 10.9. The van der Waals surface area contributed by atoms with Gasteiger partial charge in [0.1, 0.15) is 11.3 Å². The van der Waals surface area contributed by atoms with Crippen LogP contribution in [0.15, 0.2) is 42.6 Å². The number of carbonyl (C=O) groups is 1. The van der Waals surface area contributed by atoms with E-state index in [-0.39, 0.29) is 6.61 Å². The zero-order valence-electron chi connectivity index (χ0n) is 15.1. The number of carbonyl (C=O) groups excluding carboxylic acids is 1. The molecule has 6 heteroatoms. The first-order valence-electron chi connectivity index (χ1n) is 8.56. The summed E-state index contributed by atoms with van der Waals surface area (Å²) in [7, 11) is 0.